The number of rotatable bonds is 7. The molecule has 0 saturated heterocycles. The van der Waals surface area contributed by atoms with Gasteiger partial charge < -0.3 is 15.2 Å². The van der Waals surface area contributed by atoms with Crippen LogP contribution in [0.4, 0.5) is 0 Å². The Labute approximate surface area is 118 Å². The van der Waals surface area contributed by atoms with Gasteiger partial charge in [-0.2, -0.15) is 0 Å². The van der Waals surface area contributed by atoms with E-state index in [4.69, 9.17) is 9.84 Å². The van der Waals surface area contributed by atoms with Gasteiger partial charge in [-0.25, -0.2) is 0 Å². The van der Waals surface area contributed by atoms with Crippen LogP contribution >= 0.6 is 0 Å². The summed E-state index contributed by atoms with van der Waals surface area (Å²) in [5.74, 6) is -0.282. The van der Waals surface area contributed by atoms with E-state index in [9.17, 15) is 9.59 Å². The molecule has 0 amide bonds. The van der Waals surface area contributed by atoms with Gasteiger partial charge in [-0.3, -0.25) is 9.59 Å². The summed E-state index contributed by atoms with van der Waals surface area (Å²) >= 11 is 0. The van der Waals surface area contributed by atoms with Crippen LogP contribution in [0.5, 0.6) is 5.75 Å². The summed E-state index contributed by atoms with van der Waals surface area (Å²) < 4.78 is 5.27. The van der Waals surface area contributed by atoms with Gasteiger partial charge in [0.2, 0.25) is 0 Å². The van der Waals surface area contributed by atoms with Gasteiger partial charge in [0.1, 0.15) is 5.75 Å². The van der Waals surface area contributed by atoms with E-state index in [-0.39, 0.29) is 18.1 Å². The van der Waals surface area contributed by atoms with Gasteiger partial charge in [0.15, 0.2) is 5.78 Å². The third kappa shape index (κ3) is 3.81. The minimum absolute atomic E-state index is 0.213. The maximum Gasteiger partial charge on any atom is 0.305 e. The first-order chi connectivity index (χ1) is 9.40. The Kier molecular flexibility index (Phi) is 5.70. The molecule has 0 aliphatic carbocycles. The first-order valence-corrected chi connectivity index (χ1v) is 6.51. The first-order valence-electron chi connectivity index (χ1n) is 6.51. The monoisotopic (exact) mass is 279 g/mol. The highest BCUT2D eigenvalue weighted by Gasteiger charge is 2.22. The van der Waals surface area contributed by atoms with E-state index in [2.05, 4.69) is 5.32 Å². The van der Waals surface area contributed by atoms with Crippen LogP contribution < -0.4 is 10.1 Å². The van der Waals surface area contributed by atoms with Crippen molar-refractivity contribution in [3.05, 3.63) is 29.3 Å². The Morgan fingerprint density at radius 1 is 1.35 bits per heavy atom. The third-order valence-corrected chi connectivity index (χ3v) is 3.18. The number of benzene rings is 1. The Morgan fingerprint density at radius 3 is 2.45 bits per heavy atom. The number of ether oxygens (including phenoxy) is 1. The Hall–Kier alpha value is -1.88. The molecule has 1 aromatic rings. The molecule has 5 nitrogen and oxygen atoms in total. The average Bonchev–Trinajstić information content (AvgIpc) is 2.42. The van der Waals surface area contributed by atoms with E-state index in [1.807, 2.05) is 13.8 Å². The molecule has 0 aliphatic rings. The summed E-state index contributed by atoms with van der Waals surface area (Å²) in [7, 11) is 3.17. The molecule has 0 aromatic heterocycles. The molecular formula is C15H21NO4. The van der Waals surface area contributed by atoms with Crippen molar-refractivity contribution in [3.8, 4) is 5.75 Å². The Balaban J connectivity index is 3.09. The number of carboxylic acids is 1. The number of nitrogens with one attached hydrogen (secondary N) is 1. The van der Waals surface area contributed by atoms with Crippen molar-refractivity contribution < 1.29 is 19.4 Å². The molecule has 0 heterocycles. The summed E-state index contributed by atoms with van der Waals surface area (Å²) in [5, 5.41) is 11.6. The standard InChI is InChI=1S/C15H21NO4/c1-9(2)11-7-10(5-6-13(11)20-4)15(19)12(16-3)8-14(17)18/h5-7,9,12,16H,8H2,1-4H3,(H,17,18). The van der Waals surface area contributed by atoms with Gasteiger partial charge >= 0.3 is 5.97 Å². The lowest BCUT2D eigenvalue weighted by atomic mass is 9.95. The van der Waals surface area contributed by atoms with Gasteiger partial charge in [0, 0.05) is 5.56 Å². The van der Waals surface area contributed by atoms with Crippen LogP contribution in [0.2, 0.25) is 0 Å². The van der Waals surface area contributed by atoms with Crippen molar-refractivity contribution in [2.45, 2.75) is 32.2 Å². The van der Waals surface area contributed by atoms with Crippen molar-refractivity contribution in [2.24, 2.45) is 0 Å². The minimum atomic E-state index is -1.00. The van der Waals surface area contributed by atoms with Crippen LogP contribution in [0.3, 0.4) is 0 Å². The number of hydrogen-bond acceptors (Lipinski definition) is 4. The Morgan fingerprint density at radius 2 is 2.00 bits per heavy atom. The number of methoxy groups -OCH3 is 1. The third-order valence-electron chi connectivity index (χ3n) is 3.18. The van der Waals surface area contributed by atoms with Crippen LogP contribution in [0.1, 0.15) is 42.1 Å². The lowest BCUT2D eigenvalue weighted by molar-refractivity contribution is -0.137. The number of hydrogen-bond donors (Lipinski definition) is 2. The van der Waals surface area contributed by atoms with Gasteiger partial charge in [-0.15, -0.1) is 0 Å². The van der Waals surface area contributed by atoms with Crippen molar-refractivity contribution in [3.63, 3.8) is 0 Å². The molecule has 0 radical (unpaired) electrons. The van der Waals surface area contributed by atoms with E-state index >= 15 is 0 Å². The number of carboxylic acid groups (broad SMARTS) is 1. The van der Waals surface area contributed by atoms with Crippen LogP contribution in [0.25, 0.3) is 0 Å². The van der Waals surface area contributed by atoms with Crippen LogP contribution in [-0.4, -0.2) is 37.1 Å². The fraction of sp³-hybridized carbons (Fsp3) is 0.467. The Bertz CT molecular complexity index is 497. The number of carbonyl (C=O) groups excluding carboxylic acids is 1. The largest absolute Gasteiger partial charge is 0.496 e. The van der Waals surface area contributed by atoms with Crippen molar-refractivity contribution in [1.29, 1.82) is 0 Å². The van der Waals surface area contributed by atoms with Crippen LogP contribution in [0.15, 0.2) is 18.2 Å². The molecule has 1 atom stereocenters. The van der Waals surface area contributed by atoms with Gasteiger partial charge in [-0.05, 0) is 36.7 Å². The summed E-state index contributed by atoms with van der Waals surface area (Å²) in [5.41, 5.74) is 1.43. The summed E-state index contributed by atoms with van der Waals surface area (Å²) in [6.45, 7) is 4.03. The lowest BCUT2D eigenvalue weighted by Crippen LogP contribution is -2.36. The van der Waals surface area contributed by atoms with Crippen LogP contribution in [0, 0.1) is 0 Å². The smallest absolute Gasteiger partial charge is 0.305 e. The molecule has 0 spiro atoms. The maximum absolute atomic E-state index is 12.3. The summed E-state index contributed by atoms with van der Waals surface area (Å²) in [6.07, 6.45) is -0.238. The van der Waals surface area contributed by atoms with Gasteiger partial charge in [0.05, 0.1) is 19.6 Å². The predicted molar refractivity (Wildman–Crippen MR) is 76.5 cm³/mol. The predicted octanol–water partition coefficient (Wildman–Crippen LogP) is 2.06. The van der Waals surface area contributed by atoms with E-state index in [1.165, 1.54) is 0 Å². The van der Waals surface area contributed by atoms with E-state index < -0.39 is 12.0 Å². The van der Waals surface area contributed by atoms with Crippen molar-refractivity contribution in [2.75, 3.05) is 14.2 Å². The average molecular weight is 279 g/mol. The molecule has 2 N–H and O–H groups in total. The molecule has 0 fully saturated rings. The topological polar surface area (TPSA) is 75.6 Å². The molecule has 20 heavy (non-hydrogen) atoms. The van der Waals surface area contributed by atoms with Gasteiger partial charge in [-0.1, -0.05) is 13.8 Å². The second kappa shape index (κ2) is 7.05. The molecule has 0 aliphatic heterocycles. The van der Waals surface area contributed by atoms with E-state index in [0.29, 0.717) is 5.56 Å². The van der Waals surface area contributed by atoms with Crippen LogP contribution in [-0.2, 0) is 4.79 Å². The fourth-order valence-electron chi connectivity index (χ4n) is 2.04. The molecular weight excluding hydrogens is 258 g/mol. The second-order valence-electron chi connectivity index (χ2n) is 4.91. The second-order valence-corrected chi connectivity index (χ2v) is 4.91. The minimum Gasteiger partial charge on any atom is -0.496 e. The molecule has 0 saturated carbocycles. The van der Waals surface area contributed by atoms with Crippen molar-refractivity contribution >= 4 is 11.8 Å². The zero-order valence-electron chi connectivity index (χ0n) is 12.3. The normalized spacial score (nSPS) is 12.2. The van der Waals surface area contributed by atoms with E-state index in [1.54, 1.807) is 32.4 Å². The molecule has 0 bridgehead atoms. The highest BCUT2D eigenvalue weighted by Crippen LogP contribution is 2.27. The zero-order chi connectivity index (χ0) is 15.3. The molecule has 5 heteroatoms. The summed E-state index contributed by atoms with van der Waals surface area (Å²) in [4.78, 5) is 23.1. The van der Waals surface area contributed by atoms with Gasteiger partial charge in [0.25, 0.3) is 0 Å². The molecule has 1 unspecified atom stereocenters. The number of likely N-dealkylation sites (N-methyl/N-ethyl adjacent to an activating group) is 1. The highest BCUT2D eigenvalue weighted by molar-refractivity contribution is 6.02. The first kappa shape index (κ1) is 16.2. The number of Topliss-reactive ketones (excluding diaryl/α,β-unsaturated/α-hetero) is 1. The quantitative estimate of drug-likeness (QED) is 0.747. The molecule has 110 valence electrons. The maximum atomic E-state index is 12.3. The summed E-state index contributed by atoms with van der Waals surface area (Å²) in [6, 6.07) is 4.47. The lowest BCUT2D eigenvalue weighted by Gasteiger charge is -2.16. The number of carbonyl (C=O) groups is 2. The molecule has 1 aromatic carbocycles. The number of ketones is 1. The highest BCUT2D eigenvalue weighted by atomic mass is 16.5. The fourth-order valence-corrected chi connectivity index (χ4v) is 2.04. The van der Waals surface area contributed by atoms with Crippen molar-refractivity contribution in [1.82, 2.24) is 5.32 Å². The van der Waals surface area contributed by atoms with E-state index in [0.717, 1.165) is 11.3 Å². The zero-order valence-corrected chi connectivity index (χ0v) is 12.3. The SMILES string of the molecule is CNC(CC(=O)O)C(=O)c1ccc(OC)c(C(C)C)c1. The number of aliphatic carboxylic acids is 1. The molecule has 1 rings (SSSR count).